The van der Waals surface area contributed by atoms with Gasteiger partial charge in [-0.3, -0.25) is 9.98 Å². The molecule has 47 heavy (non-hydrogen) atoms. The SMILES string of the molecule is CC(=Nc1c(C)cc(C)cc1C)c1cccc(C(C)=Nc2c(C)cc(C)cc2C)n1.FC(F)(F)OOO[S-].O=S([O-])OC(F)(F)F.[Fe+2]. The van der Waals surface area contributed by atoms with Crippen LogP contribution in [-0.2, 0) is 59.8 Å². The molecule has 0 fully saturated rings. The molecule has 260 valence electrons. The van der Waals surface area contributed by atoms with Gasteiger partial charge in [-0.2, -0.15) is 0 Å². The Kier molecular flexibility index (Phi) is 18.8. The van der Waals surface area contributed by atoms with Gasteiger partial charge in [0.25, 0.3) is 0 Å². The third kappa shape index (κ3) is 17.3. The van der Waals surface area contributed by atoms with Gasteiger partial charge in [0, 0.05) is 0 Å². The maximum Gasteiger partial charge on any atom is 2.00 e. The standard InChI is InChI=1S/C27H31N3.2CHF3O3S.Fe/c1-16-12-18(3)26(19(4)13-16)28-22(7)24-10-9-11-25(30-24)23(8)29-27-20(5)14-17(2)15-21(27)6;2-1(3,4)7-8(5)6;2-1(3,4)5-6-7-8;/h9-15H,1-8H3;(H,5,6);8H;/q;;;+2/p-2. The van der Waals surface area contributed by atoms with Crippen LogP contribution in [0.3, 0.4) is 0 Å². The fourth-order valence-electron chi connectivity index (χ4n) is 4.11. The van der Waals surface area contributed by atoms with Crippen LogP contribution in [0.1, 0.15) is 58.6 Å². The molecule has 18 heteroatoms. The number of alkyl halides is 6. The number of rotatable bonds is 7. The first-order valence-electron chi connectivity index (χ1n) is 12.9. The number of nitrogens with zero attached hydrogens (tertiary/aromatic N) is 3. The van der Waals surface area contributed by atoms with Crippen molar-refractivity contribution in [1.82, 2.24) is 4.98 Å². The van der Waals surface area contributed by atoms with Gasteiger partial charge in [-0.05, 0) is 89.8 Å². The molecule has 1 aromatic heterocycles. The summed E-state index contributed by atoms with van der Waals surface area (Å²) in [7, 11) is 0. The molecule has 1 heterocycles. The summed E-state index contributed by atoms with van der Waals surface area (Å²) in [6.07, 6.45) is -9.95. The van der Waals surface area contributed by atoms with Crippen molar-refractivity contribution in [2.45, 2.75) is 68.1 Å². The van der Waals surface area contributed by atoms with Crippen LogP contribution in [0.5, 0.6) is 0 Å². The summed E-state index contributed by atoms with van der Waals surface area (Å²) in [5, 5.41) is 2.89. The van der Waals surface area contributed by atoms with Crippen molar-refractivity contribution in [3.63, 3.8) is 0 Å². The van der Waals surface area contributed by atoms with Crippen LogP contribution in [0.25, 0.3) is 0 Å². The summed E-state index contributed by atoms with van der Waals surface area (Å²) in [6, 6.07) is 14.7. The van der Waals surface area contributed by atoms with Gasteiger partial charge in [-0.15, -0.1) is 31.2 Å². The number of hydrogen-bond acceptors (Lipinski definition) is 10. The number of halogens is 6. The van der Waals surface area contributed by atoms with Crippen LogP contribution in [0.4, 0.5) is 37.7 Å². The second-order valence-electron chi connectivity index (χ2n) is 9.70. The number of aromatic nitrogens is 1. The predicted molar refractivity (Wildman–Crippen MR) is 162 cm³/mol. The third-order valence-corrected chi connectivity index (χ3v) is 6.02. The second kappa shape index (κ2) is 20.0. The zero-order chi connectivity index (χ0) is 35.4. The number of aryl methyl sites for hydroxylation is 6. The molecule has 0 radical (unpaired) electrons. The Hall–Kier alpha value is -2.67. The van der Waals surface area contributed by atoms with Gasteiger partial charge in [-0.25, -0.2) is 13.4 Å². The second-order valence-corrected chi connectivity index (χ2v) is 10.4. The van der Waals surface area contributed by atoms with Gasteiger partial charge in [-0.1, -0.05) is 46.5 Å². The molecular formula is C29H31F6FeN3O6S2. The molecule has 2 aromatic carbocycles. The molecule has 0 amide bonds. The topological polar surface area (TPSA) is 115 Å². The zero-order valence-electron chi connectivity index (χ0n) is 26.3. The largest absolute Gasteiger partial charge is 2.00 e. The van der Waals surface area contributed by atoms with Crippen molar-refractivity contribution >= 4 is 47.1 Å². The van der Waals surface area contributed by atoms with Crippen LogP contribution >= 0.6 is 0 Å². The molecule has 0 bridgehead atoms. The summed E-state index contributed by atoms with van der Waals surface area (Å²) in [4.78, 5) is 17.2. The molecule has 0 N–H and O–H groups in total. The maximum atomic E-state index is 10.8. The molecule has 0 saturated carbocycles. The summed E-state index contributed by atoms with van der Waals surface area (Å²) in [5.74, 6) is 0. The Morgan fingerprint density at radius 1 is 0.766 bits per heavy atom. The smallest absolute Gasteiger partial charge is 0.750 e. The molecule has 3 rings (SSSR count). The van der Waals surface area contributed by atoms with Crippen molar-refractivity contribution in [3.05, 3.63) is 87.2 Å². The van der Waals surface area contributed by atoms with Crippen molar-refractivity contribution in [1.29, 1.82) is 0 Å². The summed E-state index contributed by atoms with van der Waals surface area (Å²) in [6.45, 7) is 16.7. The average Bonchev–Trinajstić information content (AvgIpc) is 2.90. The molecule has 0 aliphatic rings. The number of benzene rings is 2. The normalized spacial score (nSPS) is 12.7. The van der Waals surface area contributed by atoms with Crippen molar-refractivity contribution in [3.8, 4) is 0 Å². The third-order valence-electron chi connectivity index (χ3n) is 5.64. The summed E-state index contributed by atoms with van der Waals surface area (Å²) in [5.41, 5.74) is 12.9. The first kappa shape index (κ1) is 44.3. The molecule has 0 aliphatic heterocycles. The summed E-state index contributed by atoms with van der Waals surface area (Å²) < 4.78 is 87.9. The van der Waals surface area contributed by atoms with Crippen molar-refractivity contribution < 1.29 is 70.6 Å². The number of aliphatic imine (C=N–C) groups is 2. The van der Waals surface area contributed by atoms with E-state index in [4.69, 9.17) is 23.7 Å². The van der Waals surface area contributed by atoms with E-state index in [0.29, 0.717) is 0 Å². The monoisotopic (exact) mass is 751 g/mol. The first-order chi connectivity index (χ1) is 21.1. The van der Waals surface area contributed by atoms with E-state index in [9.17, 15) is 26.3 Å². The predicted octanol–water partition coefficient (Wildman–Crippen LogP) is 8.38. The first-order valence-corrected chi connectivity index (χ1v) is 14.3. The quantitative estimate of drug-likeness (QED) is 0.0450. The van der Waals surface area contributed by atoms with Gasteiger partial charge in [0.1, 0.15) is 0 Å². The Balaban J connectivity index is 0.00000103. The van der Waals surface area contributed by atoms with Crippen molar-refractivity contribution in [2.75, 3.05) is 0 Å². The minimum absolute atomic E-state index is 0. The van der Waals surface area contributed by atoms with E-state index in [2.05, 4.69) is 97.2 Å². The van der Waals surface area contributed by atoms with Crippen molar-refractivity contribution in [2.24, 2.45) is 9.98 Å². The molecule has 0 saturated heterocycles. The minimum Gasteiger partial charge on any atom is -0.750 e. The van der Waals surface area contributed by atoms with E-state index >= 15 is 0 Å². The van der Waals surface area contributed by atoms with Gasteiger partial charge in [0.15, 0.2) is 0 Å². The van der Waals surface area contributed by atoms with E-state index in [1.165, 1.54) is 33.4 Å². The molecular weight excluding hydrogens is 720 g/mol. The van der Waals surface area contributed by atoms with E-state index in [1.807, 2.05) is 32.0 Å². The molecule has 1 atom stereocenters. The molecule has 3 aromatic rings. The van der Waals surface area contributed by atoms with Gasteiger partial charge >= 0.3 is 29.8 Å². The van der Waals surface area contributed by atoms with E-state index in [1.54, 1.807) is 0 Å². The zero-order valence-corrected chi connectivity index (χ0v) is 29.0. The fourth-order valence-corrected chi connectivity index (χ4v) is 4.30. The number of hydrogen-bond donors (Lipinski definition) is 0. The van der Waals surface area contributed by atoms with Crippen LogP contribution in [0.2, 0.25) is 0 Å². The Labute approximate surface area is 287 Å². The molecule has 0 aliphatic carbocycles. The van der Waals surface area contributed by atoms with Crippen LogP contribution in [-0.4, -0.2) is 37.9 Å². The fraction of sp³-hybridized carbons (Fsp3) is 0.345. The van der Waals surface area contributed by atoms with E-state index in [0.717, 1.165) is 34.2 Å². The maximum absolute atomic E-state index is 10.8. The van der Waals surface area contributed by atoms with Gasteiger partial charge in [0.05, 0.1) is 45.5 Å². The molecule has 1 unspecified atom stereocenters. The Morgan fingerprint density at radius 3 is 1.36 bits per heavy atom. The van der Waals surface area contributed by atoms with Gasteiger partial charge in [0.2, 0.25) is 0 Å². The molecule has 0 spiro atoms. The van der Waals surface area contributed by atoms with E-state index in [-0.39, 0.29) is 17.1 Å². The Morgan fingerprint density at radius 2 is 1.13 bits per heavy atom. The van der Waals surface area contributed by atoms with E-state index < -0.39 is 24.1 Å². The molecule has 9 nitrogen and oxygen atoms in total. The number of pyridine rings is 1. The van der Waals surface area contributed by atoms with Crippen LogP contribution in [0.15, 0.2) is 52.4 Å². The van der Waals surface area contributed by atoms with Crippen LogP contribution in [0, 0.1) is 41.5 Å². The average molecular weight is 752 g/mol. The van der Waals surface area contributed by atoms with Crippen LogP contribution < -0.4 is 0 Å². The summed E-state index contributed by atoms with van der Waals surface area (Å²) >= 11 is -0.0372. The minimum atomic E-state index is -5.09. The van der Waals surface area contributed by atoms with Gasteiger partial charge < -0.3 is 21.8 Å². The Bertz CT molecular complexity index is 1440.